The Kier molecular flexibility index (Phi) is 9.31. The maximum Gasteiger partial charge on any atom is 0.224 e. The van der Waals surface area contributed by atoms with Gasteiger partial charge in [-0.2, -0.15) is 0 Å². The summed E-state index contributed by atoms with van der Waals surface area (Å²) in [6.07, 6.45) is 6.40. The molecule has 2 N–H and O–H groups in total. The molecule has 3 atom stereocenters. The fraction of sp³-hybridized carbons (Fsp3) is 0.594. The van der Waals surface area contributed by atoms with Gasteiger partial charge in [-0.05, 0) is 49.8 Å². The van der Waals surface area contributed by atoms with E-state index in [1.54, 1.807) is 0 Å². The largest absolute Gasteiger partial charge is 0.485 e. The average molecular weight is 507 g/mol. The van der Waals surface area contributed by atoms with Gasteiger partial charge in [0.25, 0.3) is 0 Å². The summed E-state index contributed by atoms with van der Waals surface area (Å²) >= 11 is 0. The quantitative estimate of drug-likeness (QED) is 0.402. The smallest absolute Gasteiger partial charge is 0.224 e. The number of amides is 1. The Hall–Kier alpha value is -2.37. The average Bonchev–Trinajstić information content (AvgIpc) is 3.31. The molecule has 4 rings (SSSR count). The predicted molar refractivity (Wildman–Crippen MR) is 150 cm³/mol. The van der Waals surface area contributed by atoms with E-state index in [4.69, 9.17) is 4.74 Å². The number of hydrogen-bond acceptors (Lipinski definition) is 4. The van der Waals surface area contributed by atoms with E-state index in [-0.39, 0.29) is 17.9 Å². The fourth-order valence-corrected chi connectivity index (χ4v) is 6.13. The number of likely N-dealkylation sites (tertiary alicyclic amines) is 1. The highest BCUT2D eigenvalue weighted by molar-refractivity contribution is 5.79. The first-order valence-electron chi connectivity index (χ1n) is 14.3. The van der Waals surface area contributed by atoms with Crippen molar-refractivity contribution >= 4 is 5.91 Å². The molecular formula is C32H46N2O3. The Morgan fingerprint density at radius 2 is 1.89 bits per heavy atom. The van der Waals surface area contributed by atoms with E-state index in [1.165, 1.54) is 24.8 Å². The molecule has 0 aromatic heterocycles. The van der Waals surface area contributed by atoms with E-state index >= 15 is 0 Å². The Morgan fingerprint density at radius 1 is 1.14 bits per heavy atom. The van der Waals surface area contributed by atoms with Gasteiger partial charge in [0.2, 0.25) is 5.91 Å². The molecule has 0 bridgehead atoms. The molecule has 1 amide bonds. The van der Waals surface area contributed by atoms with Crippen molar-refractivity contribution in [1.29, 1.82) is 0 Å². The van der Waals surface area contributed by atoms with Gasteiger partial charge < -0.3 is 15.2 Å². The normalized spacial score (nSPS) is 23.0. The number of fused-ring (bicyclic) bond motifs is 1. The monoisotopic (exact) mass is 506 g/mol. The van der Waals surface area contributed by atoms with Crippen LogP contribution in [0.1, 0.15) is 88.8 Å². The lowest BCUT2D eigenvalue weighted by Crippen LogP contribution is -2.48. The molecule has 0 saturated carbocycles. The lowest BCUT2D eigenvalue weighted by atomic mass is 9.77. The van der Waals surface area contributed by atoms with Gasteiger partial charge in [0.15, 0.2) is 0 Å². The van der Waals surface area contributed by atoms with Crippen molar-refractivity contribution in [3.05, 3.63) is 65.2 Å². The summed E-state index contributed by atoms with van der Waals surface area (Å²) in [5.74, 6) is 1.69. The Labute approximate surface area is 223 Å². The van der Waals surface area contributed by atoms with Crippen molar-refractivity contribution in [2.75, 3.05) is 13.1 Å². The SMILES string of the molecule is CCC(CC)CCC[C@@H]1c2cc(CC(=O)N[C@@H]3CCN(Cc4ccccc4)C3)ccc2OC(C)(C)[C@H]1O. The summed E-state index contributed by atoms with van der Waals surface area (Å²) in [6.45, 7) is 11.3. The van der Waals surface area contributed by atoms with Crippen LogP contribution in [0.4, 0.5) is 0 Å². The van der Waals surface area contributed by atoms with E-state index in [9.17, 15) is 9.90 Å². The minimum Gasteiger partial charge on any atom is -0.485 e. The zero-order valence-electron chi connectivity index (χ0n) is 23.2. The third kappa shape index (κ3) is 7.14. The standard InChI is InChI=1S/C32H46N2O3/c1-5-23(6-2)13-10-14-27-28-19-25(15-16-29(28)37-32(3,4)31(27)36)20-30(35)33-26-17-18-34(22-26)21-24-11-8-7-9-12-24/h7-9,11-12,15-16,19,23,26-27,31,36H,5-6,10,13-14,17-18,20-22H2,1-4H3,(H,33,35)/t26-,27-,31+/m1/s1. The third-order valence-corrected chi connectivity index (χ3v) is 8.47. The minimum absolute atomic E-state index is 0.0255. The van der Waals surface area contributed by atoms with Crippen LogP contribution >= 0.6 is 0 Å². The maximum atomic E-state index is 13.0. The number of aliphatic hydroxyl groups excluding tert-OH is 1. The molecule has 37 heavy (non-hydrogen) atoms. The number of nitrogens with one attached hydrogen (secondary N) is 1. The Balaban J connectivity index is 1.36. The second kappa shape index (κ2) is 12.4. The predicted octanol–water partition coefficient (Wildman–Crippen LogP) is 5.84. The van der Waals surface area contributed by atoms with Crippen molar-refractivity contribution in [3.63, 3.8) is 0 Å². The number of carbonyl (C=O) groups is 1. The second-order valence-corrected chi connectivity index (χ2v) is 11.7. The highest BCUT2D eigenvalue weighted by atomic mass is 16.5. The molecule has 2 aromatic rings. The first-order valence-corrected chi connectivity index (χ1v) is 14.3. The van der Waals surface area contributed by atoms with Crippen LogP contribution in [0.3, 0.4) is 0 Å². The fourth-order valence-electron chi connectivity index (χ4n) is 6.13. The van der Waals surface area contributed by atoms with Crippen molar-refractivity contribution in [3.8, 4) is 5.75 Å². The van der Waals surface area contributed by atoms with Crippen molar-refractivity contribution in [1.82, 2.24) is 10.2 Å². The first-order chi connectivity index (χ1) is 17.8. The molecule has 0 unspecified atom stereocenters. The van der Waals surface area contributed by atoms with Gasteiger partial charge in [0.1, 0.15) is 17.5 Å². The van der Waals surface area contributed by atoms with E-state index in [2.05, 4.69) is 54.4 Å². The van der Waals surface area contributed by atoms with Crippen molar-refractivity contribution < 1.29 is 14.6 Å². The van der Waals surface area contributed by atoms with Crippen LogP contribution in [-0.2, 0) is 17.8 Å². The van der Waals surface area contributed by atoms with E-state index in [0.717, 1.165) is 61.7 Å². The lowest BCUT2D eigenvalue weighted by Gasteiger charge is -2.42. The Bertz CT molecular complexity index is 1020. The van der Waals surface area contributed by atoms with Crippen LogP contribution in [0, 0.1) is 5.92 Å². The van der Waals surface area contributed by atoms with Gasteiger partial charge in [-0.15, -0.1) is 0 Å². The van der Waals surface area contributed by atoms with Crippen LogP contribution in [0.15, 0.2) is 48.5 Å². The number of benzene rings is 2. The summed E-state index contributed by atoms with van der Waals surface area (Å²) in [6, 6.07) is 16.8. The van der Waals surface area contributed by atoms with Crippen molar-refractivity contribution in [2.45, 2.75) is 103 Å². The minimum atomic E-state index is -0.625. The van der Waals surface area contributed by atoms with Gasteiger partial charge in [0.05, 0.1) is 6.42 Å². The summed E-state index contributed by atoms with van der Waals surface area (Å²) in [4.78, 5) is 15.4. The topological polar surface area (TPSA) is 61.8 Å². The number of rotatable bonds is 11. The number of carbonyl (C=O) groups excluding carboxylic acids is 1. The number of hydrogen-bond donors (Lipinski definition) is 2. The second-order valence-electron chi connectivity index (χ2n) is 11.7. The molecule has 202 valence electrons. The molecule has 5 heteroatoms. The molecular weight excluding hydrogens is 460 g/mol. The van der Waals surface area contributed by atoms with Gasteiger partial charge in [-0.1, -0.05) is 82.0 Å². The zero-order valence-corrected chi connectivity index (χ0v) is 23.2. The van der Waals surface area contributed by atoms with Crippen LogP contribution in [-0.4, -0.2) is 46.7 Å². The van der Waals surface area contributed by atoms with Crippen LogP contribution in [0.25, 0.3) is 0 Å². The van der Waals surface area contributed by atoms with E-state index < -0.39 is 11.7 Å². The highest BCUT2D eigenvalue weighted by Crippen LogP contribution is 2.44. The number of aliphatic hydroxyl groups is 1. The molecule has 2 aliphatic rings. The summed E-state index contributed by atoms with van der Waals surface area (Å²) in [5.41, 5.74) is 2.72. The molecule has 5 nitrogen and oxygen atoms in total. The van der Waals surface area contributed by atoms with Crippen LogP contribution < -0.4 is 10.1 Å². The van der Waals surface area contributed by atoms with Gasteiger partial charge in [-0.25, -0.2) is 0 Å². The molecule has 0 radical (unpaired) electrons. The molecule has 2 aliphatic heterocycles. The van der Waals surface area contributed by atoms with Gasteiger partial charge >= 0.3 is 0 Å². The van der Waals surface area contributed by atoms with E-state index in [0.29, 0.717) is 6.42 Å². The molecule has 1 fully saturated rings. The summed E-state index contributed by atoms with van der Waals surface area (Å²) in [7, 11) is 0. The van der Waals surface area contributed by atoms with E-state index in [1.807, 2.05) is 32.0 Å². The molecule has 2 aromatic carbocycles. The van der Waals surface area contributed by atoms with Gasteiger partial charge in [0, 0.05) is 37.2 Å². The molecule has 0 spiro atoms. The summed E-state index contributed by atoms with van der Waals surface area (Å²) < 4.78 is 6.20. The highest BCUT2D eigenvalue weighted by Gasteiger charge is 2.42. The zero-order chi connectivity index (χ0) is 26.4. The molecule has 2 heterocycles. The molecule has 0 aliphatic carbocycles. The number of nitrogens with zero attached hydrogens (tertiary/aromatic N) is 1. The first kappa shape index (κ1) is 27.7. The molecule has 1 saturated heterocycles. The number of ether oxygens (including phenoxy) is 1. The van der Waals surface area contributed by atoms with Crippen LogP contribution in [0.5, 0.6) is 5.75 Å². The maximum absolute atomic E-state index is 13.0. The Morgan fingerprint density at radius 3 is 2.62 bits per heavy atom. The van der Waals surface area contributed by atoms with Crippen molar-refractivity contribution in [2.24, 2.45) is 5.92 Å². The van der Waals surface area contributed by atoms with Gasteiger partial charge in [-0.3, -0.25) is 9.69 Å². The summed E-state index contributed by atoms with van der Waals surface area (Å²) in [5, 5.41) is 14.5. The van der Waals surface area contributed by atoms with Crippen LogP contribution in [0.2, 0.25) is 0 Å². The lowest BCUT2D eigenvalue weighted by molar-refractivity contribution is -0.121. The third-order valence-electron chi connectivity index (χ3n) is 8.47.